The average Bonchev–Trinajstić information content (AvgIpc) is 3.28. The highest BCUT2D eigenvalue weighted by Gasteiger charge is 2.35. The molecule has 0 radical (unpaired) electrons. The van der Waals surface area contributed by atoms with Crippen LogP contribution in [0.15, 0.2) is 53.9 Å². The fourth-order valence-corrected chi connectivity index (χ4v) is 5.03. The van der Waals surface area contributed by atoms with E-state index in [1.165, 1.54) is 26.5 Å². The van der Waals surface area contributed by atoms with Crippen molar-refractivity contribution in [1.82, 2.24) is 0 Å². The lowest BCUT2D eigenvalue weighted by molar-refractivity contribution is -0.919. The van der Waals surface area contributed by atoms with Crippen molar-refractivity contribution in [3.63, 3.8) is 0 Å². The van der Waals surface area contributed by atoms with E-state index in [1.54, 1.807) is 25.6 Å². The van der Waals surface area contributed by atoms with Crippen LogP contribution in [0.4, 0.5) is 5.69 Å². The van der Waals surface area contributed by atoms with Crippen LogP contribution in [0.3, 0.4) is 0 Å². The van der Waals surface area contributed by atoms with Gasteiger partial charge in [0.25, 0.3) is 5.91 Å². The zero-order valence-corrected chi connectivity index (χ0v) is 18.3. The summed E-state index contributed by atoms with van der Waals surface area (Å²) in [6, 6.07) is 16.4. The van der Waals surface area contributed by atoms with Crippen molar-refractivity contribution in [3.05, 3.63) is 75.5 Å². The number of quaternary nitrogens is 1. The number of thiophene rings is 1. The van der Waals surface area contributed by atoms with Crippen molar-refractivity contribution in [2.75, 3.05) is 32.6 Å². The van der Waals surface area contributed by atoms with Crippen LogP contribution in [0.25, 0.3) is 0 Å². The van der Waals surface area contributed by atoms with Crippen molar-refractivity contribution in [3.8, 4) is 11.5 Å². The summed E-state index contributed by atoms with van der Waals surface area (Å²) in [5, 5.41) is 5.14. The minimum atomic E-state index is 0.0272. The van der Waals surface area contributed by atoms with Gasteiger partial charge in [0.15, 0.2) is 18.0 Å². The van der Waals surface area contributed by atoms with Crippen molar-refractivity contribution in [1.29, 1.82) is 0 Å². The SMILES string of the molecule is COc1cc2c(cc1OC)[C@@H](c1cccs1)[NH+](CC(=O)Nc1ccc(C)cc1)CC2. The number of methoxy groups -OCH3 is 2. The van der Waals surface area contributed by atoms with Crippen LogP contribution in [0.2, 0.25) is 0 Å². The smallest absolute Gasteiger partial charge is 0.279 e. The Balaban J connectivity index is 1.62. The molecule has 1 unspecified atom stereocenters. The van der Waals surface area contributed by atoms with Gasteiger partial charge >= 0.3 is 0 Å². The molecule has 2 aromatic carbocycles. The summed E-state index contributed by atoms with van der Waals surface area (Å²) < 4.78 is 11.1. The lowest BCUT2D eigenvalue weighted by Crippen LogP contribution is -3.14. The molecule has 0 saturated heterocycles. The number of rotatable bonds is 6. The third kappa shape index (κ3) is 4.20. The molecule has 1 aliphatic rings. The number of benzene rings is 2. The minimum Gasteiger partial charge on any atom is -0.493 e. The van der Waals surface area contributed by atoms with Gasteiger partial charge in [0.05, 0.1) is 25.6 Å². The predicted molar refractivity (Wildman–Crippen MR) is 120 cm³/mol. The normalized spacial score (nSPS) is 17.8. The monoisotopic (exact) mass is 423 g/mol. The van der Waals surface area contributed by atoms with Crippen LogP contribution < -0.4 is 19.7 Å². The second-order valence-electron chi connectivity index (χ2n) is 7.60. The van der Waals surface area contributed by atoms with Crippen molar-refractivity contribution in [2.45, 2.75) is 19.4 Å². The summed E-state index contributed by atoms with van der Waals surface area (Å²) in [7, 11) is 3.32. The van der Waals surface area contributed by atoms with Gasteiger partial charge in [-0.2, -0.15) is 0 Å². The van der Waals surface area contributed by atoms with E-state index in [0.717, 1.165) is 30.2 Å². The third-order valence-electron chi connectivity index (χ3n) is 5.63. The fourth-order valence-electron chi connectivity index (χ4n) is 4.13. The average molecular weight is 424 g/mol. The van der Waals surface area contributed by atoms with Gasteiger partial charge in [-0.25, -0.2) is 0 Å². The van der Waals surface area contributed by atoms with Crippen LogP contribution in [0, 0.1) is 6.92 Å². The van der Waals surface area contributed by atoms with E-state index in [0.29, 0.717) is 6.54 Å². The van der Waals surface area contributed by atoms with E-state index in [2.05, 4.69) is 35.0 Å². The maximum atomic E-state index is 12.8. The number of fused-ring (bicyclic) bond motifs is 1. The highest BCUT2D eigenvalue weighted by Crippen LogP contribution is 2.37. The van der Waals surface area contributed by atoms with Gasteiger partial charge in [0.1, 0.15) is 6.04 Å². The molecule has 156 valence electrons. The number of aryl methyl sites for hydroxylation is 1. The summed E-state index contributed by atoms with van der Waals surface area (Å²) >= 11 is 1.73. The van der Waals surface area contributed by atoms with E-state index in [4.69, 9.17) is 9.47 Å². The van der Waals surface area contributed by atoms with Gasteiger partial charge in [-0.05, 0) is 48.2 Å². The first-order valence-corrected chi connectivity index (χ1v) is 11.0. The molecular weight excluding hydrogens is 396 g/mol. The zero-order chi connectivity index (χ0) is 21.1. The molecule has 1 amide bonds. The molecule has 5 nitrogen and oxygen atoms in total. The maximum Gasteiger partial charge on any atom is 0.279 e. The Bertz CT molecular complexity index is 1020. The zero-order valence-electron chi connectivity index (χ0n) is 17.5. The number of anilines is 1. The molecule has 30 heavy (non-hydrogen) atoms. The molecule has 4 rings (SSSR count). The highest BCUT2D eigenvalue weighted by atomic mass is 32.1. The van der Waals surface area contributed by atoms with Crippen molar-refractivity contribution >= 4 is 22.9 Å². The Morgan fingerprint density at radius 2 is 1.87 bits per heavy atom. The Morgan fingerprint density at radius 1 is 1.13 bits per heavy atom. The van der Waals surface area contributed by atoms with Crippen LogP contribution >= 0.6 is 11.3 Å². The van der Waals surface area contributed by atoms with E-state index < -0.39 is 0 Å². The van der Waals surface area contributed by atoms with Gasteiger partial charge in [-0.3, -0.25) is 4.79 Å². The Morgan fingerprint density at radius 3 is 2.53 bits per heavy atom. The first-order chi connectivity index (χ1) is 14.6. The summed E-state index contributed by atoms with van der Waals surface area (Å²) in [6.45, 7) is 3.33. The van der Waals surface area contributed by atoms with Crippen LogP contribution in [-0.2, 0) is 11.2 Å². The molecule has 2 N–H and O–H groups in total. The molecule has 0 saturated carbocycles. The number of nitrogens with one attached hydrogen (secondary N) is 2. The highest BCUT2D eigenvalue weighted by molar-refractivity contribution is 7.10. The maximum absolute atomic E-state index is 12.8. The molecule has 3 aromatic rings. The number of hydrogen-bond donors (Lipinski definition) is 2. The molecule has 6 heteroatoms. The minimum absolute atomic E-state index is 0.0272. The fraction of sp³-hybridized carbons (Fsp3) is 0.292. The van der Waals surface area contributed by atoms with E-state index in [9.17, 15) is 4.79 Å². The van der Waals surface area contributed by atoms with Crippen LogP contribution in [0.5, 0.6) is 11.5 Å². The standard InChI is InChI=1S/C24H26N2O3S/c1-16-6-8-18(9-7-16)25-23(27)15-26-11-10-17-13-20(28-2)21(29-3)14-19(17)24(26)22-5-4-12-30-22/h4-9,12-14,24H,10-11,15H2,1-3H3,(H,25,27)/p+1/t24-/m0/s1. The van der Waals surface area contributed by atoms with Crippen molar-refractivity contribution in [2.24, 2.45) is 0 Å². The van der Waals surface area contributed by atoms with Gasteiger partial charge in [0.2, 0.25) is 0 Å². The molecule has 0 bridgehead atoms. The van der Waals surface area contributed by atoms with Gasteiger partial charge in [-0.1, -0.05) is 23.8 Å². The summed E-state index contributed by atoms with van der Waals surface area (Å²) in [5.41, 5.74) is 4.48. The number of hydrogen-bond acceptors (Lipinski definition) is 4. The van der Waals surface area contributed by atoms with Gasteiger partial charge in [-0.15, -0.1) is 11.3 Å². The molecule has 0 spiro atoms. The molecule has 2 atom stereocenters. The lowest BCUT2D eigenvalue weighted by Gasteiger charge is -2.34. The van der Waals surface area contributed by atoms with Gasteiger partial charge in [0, 0.05) is 17.7 Å². The Hall–Kier alpha value is -2.83. The van der Waals surface area contributed by atoms with Gasteiger partial charge < -0.3 is 19.7 Å². The number of amides is 1. The van der Waals surface area contributed by atoms with E-state index >= 15 is 0 Å². The van der Waals surface area contributed by atoms with Crippen LogP contribution in [-0.4, -0.2) is 33.2 Å². The summed E-state index contributed by atoms with van der Waals surface area (Å²) in [5.74, 6) is 1.50. The topological polar surface area (TPSA) is 52.0 Å². The van der Waals surface area contributed by atoms with Crippen molar-refractivity contribution < 1.29 is 19.2 Å². The summed E-state index contributed by atoms with van der Waals surface area (Å²) in [6.07, 6.45) is 0.894. The molecule has 1 aromatic heterocycles. The lowest BCUT2D eigenvalue weighted by atomic mass is 9.91. The predicted octanol–water partition coefficient (Wildman–Crippen LogP) is 3.24. The number of carbonyl (C=O) groups is 1. The molecule has 2 heterocycles. The second-order valence-corrected chi connectivity index (χ2v) is 8.58. The largest absolute Gasteiger partial charge is 0.493 e. The number of carbonyl (C=O) groups excluding carboxylic acids is 1. The first-order valence-electron chi connectivity index (χ1n) is 10.1. The molecular formula is C24H27N2O3S+. The third-order valence-corrected chi connectivity index (χ3v) is 6.57. The Labute approximate surface area is 181 Å². The second kappa shape index (κ2) is 8.90. The quantitative estimate of drug-likeness (QED) is 0.640. The molecule has 0 aliphatic carbocycles. The summed E-state index contributed by atoms with van der Waals surface area (Å²) in [4.78, 5) is 15.3. The molecule has 1 aliphatic heterocycles. The van der Waals surface area contributed by atoms with Crippen LogP contribution in [0.1, 0.15) is 27.6 Å². The molecule has 0 fully saturated rings. The van der Waals surface area contributed by atoms with E-state index in [-0.39, 0.29) is 11.9 Å². The van der Waals surface area contributed by atoms with E-state index in [1.807, 2.05) is 31.2 Å². The first kappa shape index (κ1) is 20.4. The Kier molecular flexibility index (Phi) is 6.06. The number of ether oxygens (including phenoxy) is 2.